The fraction of sp³-hybridized carbons (Fsp3) is 0.500. The molecule has 1 fully saturated rings. The van der Waals surface area contributed by atoms with Crippen molar-refractivity contribution in [2.75, 3.05) is 0 Å². The fourth-order valence-corrected chi connectivity index (χ4v) is 2.69. The standard InChI is InChI=1S/C14H19FN4O2/c15-10-6-7-11(17-8-10)14(20)18-12(13(16)19-21)9-4-2-1-3-5-9/h6-9,12,21H,1-5H2,(H2,16,19)(H,18,20). The number of pyridine rings is 1. The van der Waals surface area contributed by atoms with Gasteiger partial charge in [0.25, 0.3) is 5.91 Å². The molecular weight excluding hydrogens is 275 g/mol. The molecule has 1 aromatic rings. The lowest BCUT2D eigenvalue weighted by Crippen LogP contribution is -2.49. The van der Waals surface area contributed by atoms with Gasteiger partial charge in [-0.15, -0.1) is 0 Å². The van der Waals surface area contributed by atoms with Crippen LogP contribution in [0.5, 0.6) is 0 Å². The number of hydrogen-bond donors (Lipinski definition) is 3. The number of nitrogens with two attached hydrogens (primary N) is 1. The van der Waals surface area contributed by atoms with E-state index in [1.807, 2.05) is 0 Å². The summed E-state index contributed by atoms with van der Waals surface area (Å²) < 4.78 is 12.8. The number of hydrogen-bond acceptors (Lipinski definition) is 4. The Hall–Kier alpha value is -2.18. The first kappa shape index (κ1) is 15.2. The van der Waals surface area contributed by atoms with Crippen molar-refractivity contribution in [2.24, 2.45) is 16.8 Å². The summed E-state index contributed by atoms with van der Waals surface area (Å²) in [6.45, 7) is 0. The van der Waals surface area contributed by atoms with Gasteiger partial charge in [0.1, 0.15) is 11.5 Å². The zero-order valence-corrected chi connectivity index (χ0v) is 11.6. The van der Waals surface area contributed by atoms with E-state index in [1.165, 1.54) is 12.1 Å². The summed E-state index contributed by atoms with van der Waals surface area (Å²) >= 11 is 0. The van der Waals surface area contributed by atoms with Crippen molar-refractivity contribution in [3.8, 4) is 0 Å². The van der Waals surface area contributed by atoms with Crippen LogP contribution in [0.1, 0.15) is 42.6 Å². The normalized spacial score (nSPS) is 18.2. The molecule has 1 aliphatic rings. The van der Waals surface area contributed by atoms with Gasteiger partial charge in [-0.3, -0.25) is 4.79 Å². The van der Waals surface area contributed by atoms with Crippen LogP contribution in [0.15, 0.2) is 23.5 Å². The second-order valence-electron chi connectivity index (χ2n) is 5.24. The van der Waals surface area contributed by atoms with E-state index in [2.05, 4.69) is 15.5 Å². The molecule has 21 heavy (non-hydrogen) atoms. The zero-order chi connectivity index (χ0) is 15.2. The van der Waals surface area contributed by atoms with Crippen LogP contribution >= 0.6 is 0 Å². The van der Waals surface area contributed by atoms with E-state index in [-0.39, 0.29) is 17.4 Å². The minimum absolute atomic E-state index is 0.0163. The first-order valence-corrected chi connectivity index (χ1v) is 7.01. The Morgan fingerprint density at radius 3 is 2.71 bits per heavy atom. The maximum atomic E-state index is 12.8. The van der Waals surface area contributed by atoms with Crippen LogP contribution < -0.4 is 11.1 Å². The van der Waals surface area contributed by atoms with E-state index >= 15 is 0 Å². The number of carbonyl (C=O) groups excluding carboxylic acids is 1. The first-order valence-electron chi connectivity index (χ1n) is 7.01. The summed E-state index contributed by atoms with van der Waals surface area (Å²) in [5.74, 6) is -0.847. The Balaban J connectivity index is 2.10. The second-order valence-corrected chi connectivity index (χ2v) is 5.24. The molecular formula is C14H19FN4O2. The van der Waals surface area contributed by atoms with Gasteiger partial charge >= 0.3 is 0 Å². The monoisotopic (exact) mass is 294 g/mol. The lowest BCUT2D eigenvalue weighted by molar-refractivity contribution is 0.0925. The highest BCUT2D eigenvalue weighted by atomic mass is 19.1. The molecule has 1 saturated carbocycles. The molecule has 0 aliphatic heterocycles. The minimum atomic E-state index is -0.533. The summed E-state index contributed by atoms with van der Waals surface area (Å²) in [5, 5.41) is 14.7. The topological polar surface area (TPSA) is 101 Å². The molecule has 1 aromatic heterocycles. The Labute approximate surface area is 122 Å². The van der Waals surface area contributed by atoms with Gasteiger partial charge in [-0.05, 0) is 30.9 Å². The largest absolute Gasteiger partial charge is 0.409 e. The molecule has 1 atom stereocenters. The molecule has 0 spiro atoms. The highest BCUT2D eigenvalue weighted by Crippen LogP contribution is 2.26. The number of nitrogens with one attached hydrogen (secondary N) is 1. The molecule has 0 radical (unpaired) electrons. The van der Waals surface area contributed by atoms with E-state index in [0.717, 1.165) is 38.3 Å². The SMILES string of the molecule is N/C(=N/O)C(NC(=O)c1ccc(F)cn1)C1CCCCC1. The van der Waals surface area contributed by atoms with Crippen LogP contribution in [0.3, 0.4) is 0 Å². The van der Waals surface area contributed by atoms with Crippen LogP contribution in [-0.4, -0.2) is 28.0 Å². The third kappa shape index (κ3) is 3.90. The molecule has 0 saturated heterocycles. The number of amides is 1. The van der Waals surface area contributed by atoms with Gasteiger partial charge in [-0.1, -0.05) is 24.4 Å². The smallest absolute Gasteiger partial charge is 0.270 e. The molecule has 0 bridgehead atoms. The van der Waals surface area contributed by atoms with E-state index in [9.17, 15) is 9.18 Å². The molecule has 0 aromatic carbocycles. The summed E-state index contributed by atoms with van der Waals surface area (Å²) in [6, 6.07) is 1.94. The van der Waals surface area contributed by atoms with Gasteiger partial charge in [0.15, 0.2) is 5.84 Å². The number of halogens is 1. The molecule has 1 heterocycles. The lowest BCUT2D eigenvalue weighted by atomic mass is 9.83. The number of carbonyl (C=O) groups is 1. The number of oxime groups is 1. The van der Waals surface area contributed by atoms with Gasteiger partial charge in [0, 0.05) is 0 Å². The summed E-state index contributed by atoms with van der Waals surface area (Å²) in [6.07, 6.45) is 6.09. The average Bonchev–Trinajstić information content (AvgIpc) is 2.53. The van der Waals surface area contributed by atoms with Crippen molar-refractivity contribution in [2.45, 2.75) is 38.1 Å². The molecule has 6 nitrogen and oxygen atoms in total. The van der Waals surface area contributed by atoms with Crippen LogP contribution in [0, 0.1) is 11.7 Å². The lowest BCUT2D eigenvalue weighted by Gasteiger charge is -2.29. The molecule has 7 heteroatoms. The Morgan fingerprint density at radius 2 is 2.14 bits per heavy atom. The van der Waals surface area contributed by atoms with Crippen molar-refractivity contribution in [3.63, 3.8) is 0 Å². The summed E-state index contributed by atoms with van der Waals surface area (Å²) in [5.41, 5.74) is 5.80. The van der Waals surface area contributed by atoms with E-state index < -0.39 is 17.8 Å². The van der Waals surface area contributed by atoms with Gasteiger partial charge in [0.2, 0.25) is 0 Å². The number of rotatable bonds is 4. The van der Waals surface area contributed by atoms with Crippen LogP contribution in [0.25, 0.3) is 0 Å². The molecule has 4 N–H and O–H groups in total. The molecule has 1 amide bonds. The van der Waals surface area contributed by atoms with E-state index in [4.69, 9.17) is 10.9 Å². The van der Waals surface area contributed by atoms with Gasteiger partial charge in [-0.2, -0.15) is 0 Å². The third-order valence-corrected chi connectivity index (χ3v) is 3.80. The maximum Gasteiger partial charge on any atom is 0.270 e. The predicted octanol–water partition coefficient (Wildman–Crippen LogP) is 1.65. The van der Waals surface area contributed by atoms with Gasteiger partial charge in [0.05, 0.1) is 12.2 Å². The van der Waals surface area contributed by atoms with E-state index in [0.29, 0.717) is 0 Å². The third-order valence-electron chi connectivity index (χ3n) is 3.80. The fourth-order valence-electron chi connectivity index (χ4n) is 2.69. The van der Waals surface area contributed by atoms with Gasteiger partial charge < -0.3 is 16.3 Å². The Bertz CT molecular complexity index is 512. The number of nitrogens with zero attached hydrogens (tertiary/aromatic N) is 2. The average molecular weight is 294 g/mol. The van der Waals surface area contributed by atoms with Crippen molar-refractivity contribution >= 4 is 11.7 Å². The Morgan fingerprint density at radius 1 is 1.43 bits per heavy atom. The summed E-state index contributed by atoms with van der Waals surface area (Å²) in [7, 11) is 0. The van der Waals surface area contributed by atoms with Crippen LogP contribution in [-0.2, 0) is 0 Å². The molecule has 1 aliphatic carbocycles. The molecule has 114 valence electrons. The van der Waals surface area contributed by atoms with Crippen LogP contribution in [0.2, 0.25) is 0 Å². The molecule has 2 rings (SSSR count). The zero-order valence-electron chi connectivity index (χ0n) is 11.6. The highest BCUT2D eigenvalue weighted by Gasteiger charge is 2.29. The predicted molar refractivity (Wildman–Crippen MR) is 75.4 cm³/mol. The quantitative estimate of drug-likeness (QED) is 0.340. The number of amidine groups is 1. The van der Waals surface area contributed by atoms with Crippen molar-refractivity contribution in [3.05, 3.63) is 29.8 Å². The van der Waals surface area contributed by atoms with Crippen LogP contribution in [0.4, 0.5) is 4.39 Å². The molecule has 1 unspecified atom stereocenters. The van der Waals surface area contributed by atoms with E-state index in [1.54, 1.807) is 0 Å². The second kappa shape index (κ2) is 7.01. The minimum Gasteiger partial charge on any atom is -0.409 e. The first-order chi connectivity index (χ1) is 10.1. The van der Waals surface area contributed by atoms with Crippen molar-refractivity contribution in [1.82, 2.24) is 10.3 Å². The maximum absolute atomic E-state index is 12.8. The highest BCUT2D eigenvalue weighted by molar-refractivity contribution is 5.97. The van der Waals surface area contributed by atoms with Crippen molar-refractivity contribution < 1.29 is 14.4 Å². The van der Waals surface area contributed by atoms with Crippen molar-refractivity contribution in [1.29, 1.82) is 0 Å². The number of aromatic nitrogens is 1. The van der Waals surface area contributed by atoms with Gasteiger partial charge in [-0.25, -0.2) is 9.37 Å². The Kier molecular flexibility index (Phi) is 5.08. The summed E-state index contributed by atoms with van der Waals surface area (Å²) in [4.78, 5) is 15.9.